The van der Waals surface area contributed by atoms with Crippen molar-refractivity contribution >= 4 is 47.3 Å². The van der Waals surface area contributed by atoms with E-state index in [1.165, 1.54) is 19.2 Å². The van der Waals surface area contributed by atoms with Crippen LogP contribution in [0, 0.1) is 0 Å². The van der Waals surface area contributed by atoms with Crippen molar-refractivity contribution in [1.82, 2.24) is 36.8 Å². The maximum atomic E-state index is 12.8. The van der Waals surface area contributed by atoms with Crippen LogP contribution in [0.5, 0.6) is 0 Å². The topological polar surface area (TPSA) is 212 Å². The zero-order chi connectivity index (χ0) is 31.6. The molecule has 0 fully saturated rings. The number of rotatable bonds is 18. The smallest absolute Gasteiger partial charge is 0.253 e. The van der Waals surface area contributed by atoms with Gasteiger partial charge in [-0.05, 0) is 18.4 Å². The third kappa shape index (κ3) is 13.4. The van der Waals surface area contributed by atoms with Gasteiger partial charge in [-0.25, -0.2) is 0 Å². The molecule has 1 heterocycles. The minimum atomic E-state index is -1.06. The van der Waals surface area contributed by atoms with Crippen LogP contribution in [-0.2, 0) is 44.8 Å². The quantitative estimate of drug-likeness (QED) is 0.0777. The summed E-state index contributed by atoms with van der Waals surface area (Å²) >= 11 is 0. The number of hydrogen-bond acceptors (Lipinski definition) is 8. The van der Waals surface area contributed by atoms with Gasteiger partial charge in [0.1, 0.15) is 6.04 Å². The molecule has 8 amide bonds. The van der Waals surface area contributed by atoms with Crippen LogP contribution in [-0.4, -0.2) is 98.0 Å². The molecule has 1 aliphatic heterocycles. The second kappa shape index (κ2) is 18.4. The molecule has 1 aliphatic rings. The maximum Gasteiger partial charge on any atom is 0.253 e. The SMILES string of the molecule is CNC(=O)CNC(=O)CNC(=O)C(Cc1ccccc1)NC(=O)CNC(=O)CNC(=O)CCCCCN1C(=O)C=CC1=O. The molecule has 6 N–H and O–H groups in total. The normalized spacial score (nSPS) is 12.7. The zero-order valence-corrected chi connectivity index (χ0v) is 23.9. The Kier molecular flexibility index (Phi) is 14.6. The minimum absolute atomic E-state index is 0.115. The van der Waals surface area contributed by atoms with E-state index in [2.05, 4.69) is 31.9 Å². The molecule has 0 saturated carbocycles. The highest BCUT2D eigenvalue weighted by molar-refractivity contribution is 6.12. The number of nitrogens with zero attached hydrogens (tertiary/aromatic N) is 1. The Balaban J connectivity index is 1.70. The van der Waals surface area contributed by atoms with E-state index in [-0.39, 0.29) is 50.2 Å². The van der Waals surface area contributed by atoms with E-state index < -0.39 is 48.7 Å². The highest BCUT2D eigenvalue weighted by atomic mass is 16.2. The van der Waals surface area contributed by atoms with Crippen molar-refractivity contribution in [2.75, 3.05) is 39.8 Å². The lowest BCUT2D eigenvalue weighted by molar-refractivity contribution is -0.137. The monoisotopic (exact) mass is 599 g/mol. The van der Waals surface area contributed by atoms with E-state index in [1.807, 2.05) is 0 Å². The molecular weight excluding hydrogens is 562 g/mol. The number of benzene rings is 1. The molecule has 232 valence electrons. The van der Waals surface area contributed by atoms with Gasteiger partial charge in [0.05, 0.1) is 26.2 Å². The number of carbonyl (C=O) groups is 8. The molecule has 2 rings (SSSR count). The summed E-state index contributed by atoms with van der Waals surface area (Å²) < 4.78 is 0. The predicted molar refractivity (Wildman–Crippen MR) is 153 cm³/mol. The number of nitrogens with one attached hydrogen (secondary N) is 6. The molecular formula is C28H37N7O8. The number of hydrogen-bond donors (Lipinski definition) is 6. The van der Waals surface area contributed by atoms with E-state index in [0.29, 0.717) is 19.3 Å². The number of carbonyl (C=O) groups excluding carboxylic acids is 8. The van der Waals surface area contributed by atoms with Crippen LogP contribution in [0.1, 0.15) is 31.2 Å². The predicted octanol–water partition coefficient (Wildman–Crippen LogP) is -2.59. The van der Waals surface area contributed by atoms with Gasteiger partial charge in [0.15, 0.2) is 0 Å². The Hall–Kier alpha value is -5.08. The molecule has 0 radical (unpaired) electrons. The third-order valence-electron chi connectivity index (χ3n) is 6.16. The van der Waals surface area contributed by atoms with Crippen molar-refractivity contribution < 1.29 is 38.4 Å². The third-order valence-corrected chi connectivity index (χ3v) is 6.16. The molecule has 15 nitrogen and oxygen atoms in total. The molecule has 43 heavy (non-hydrogen) atoms. The number of imide groups is 1. The largest absolute Gasteiger partial charge is 0.358 e. The summed E-state index contributed by atoms with van der Waals surface area (Å²) in [6, 6.07) is 7.80. The van der Waals surface area contributed by atoms with Crippen LogP contribution < -0.4 is 31.9 Å². The molecule has 1 aromatic rings. The fourth-order valence-corrected chi connectivity index (χ4v) is 3.82. The van der Waals surface area contributed by atoms with E-state index >= 15 is 0 Å². The highest BCUT2D eigenvalue weighted by Gasteiger charge is 2.23. The van der Waals surface area contributed by atoms with Gasteiger partial charge in [0.25, 0.3) is 11.8 Å². The van der Waals surface area contributed by atoms with E-state index in [9.17, 15) is 38.4 Å². The fraction of sp³-hybridized carbons (Fsp3) is 0.429. The lowest BCUT2D eigenvalue weighted by Gasteiger charge is -2.19. The average molecular weight is 600 g/mol. The first-order valence-corrected chi connectivity index (χ1v) is 13.7. The van der Waals surface area contributed by atoms with Crippen LogP contribution in [0.15, 0.2) is 42.5 Å². The second-order valence-corrected chi connectivity index (χ2v) is 9.50. The fourth-order valence-electron chi connectivity index (χ4n) is 3.82. The van der Waals surface area contributed by atoms with Gasteiger partial charge in [-0.1, -0.05) is 36.8 Å². The molecule has 0 aliphatic carbocycles. The van der Waals surface area contributed by atoms with Crippen LogP contribution in [0.2, 0.25) is 0 Å². The lowest BCUT2D eigenvalue weighted by atomic mass is 10.1. The van der Waals surface area contributed by atoms with Crippen molar-refractivity contribution in [2.24, 2.45) is 0 Å². The zero-order valence-electron chi connectivity index (χ0n) is 23.9. The molecule has 0 bridgehead atoms. The summed E-state index contributed by atoms with van der Waals surface area (Å²) in [5.74, 6) is -3.98. The average Bonchev–Trinajstić information content (AvgIpc) is 3.32. The Morgan fingerprint density at radius 1 is 0.674 bits per heavy atom. The Morgan fingerprint density at radius 2 is 1.23 bits per heavy atom. The first-order valence-electron chi connectivity index (χ1n) is 13.7. The molecule has 0 saturated heterocycles. The van der Waals surface area contributed by atoms with E-state index in [0.717, 1.165) is 10.5 Å². The maximum absolute atomic E-state index is 12.8. The standard InChI is InChI=1S/C28H37N7O8/c1-29-22(37)15-31-24(39)17-33-28(43)20(14-19-8-4-2-5-9-19)34-25(40)18-32-23(38)16-30-21(36)10-6-3-7-13-35-26(41)11-12-27(35)42/h2,4-5,8-9,11-12,20H,3,6-7,10,13-18H2,1H3,(H,29,37)(H,30,36)(H,31,39)(H,32,38)(H,33,43)(H,34,40). The van der Waals surface area contributed by atoms with Crippen LogP contribution in [0.4, 0.5) is 0 Å². The summed E-state index contributed by atoms with van der Waals surface area (Å²) in [5, 5.41) is 14.5. The van der Waals surface area contributed by atoms with E-state index in [1.54, 1.807) is 30.3 Å². The number of likely N-dealkylation sites (N-methyl/N-ethyl adjacent to an activating group) is 1. The summed E-state index contributed by atoms with van der Waals surface area (Å²) in [7, 11) is 1.42. The van der Waals surface area contributed by atoms with Crippen molar-refractivity contribution in [3.63, 3.8) is 0 Å². The van der Waals surface area contributed by atoms with E-state index in [4.69, 9.17) is 0 Å². The summed E-state index contributed by atoms with van der Waals surface area (Å²) in [6.07, 6.45) is 4.35. The van der Waals surface area contributed by atoms with Gasteiger partial charge in [-0.2, -0.15) is 0 Å². The molecule has 15 heteroatoms. The Morgan fingerprint density at radius 3 is 1.86 bits per heavy atom. The van der Waals surface area contributed by atoms with Crippen molar-refractivity contribution in [3.05, 3.63) is 48.0 Å². The van der Waals surface area contributed by atoms with Gasteiger partial charge < -0.3 is 31.9 Å². The first kappa shape index (κ1) is 34.1. The second-order valence-electron chi connectivity index (χ2n) is 9.50. The molecule has 0 spiro atoms. The van der Waals surface area contributed by atoms with Gasteiger partial charge in [-0.3, -0.25) is 43.3 Å². The van der Waals surface area contributed by atoms with Crippen molar-refractivity contribution in [1.29, 1.82) is 0 Å². The van der Waals surface area contributed by atoms with Gasteiger partial charge >= 0.3 is 0 Å². The Labute approximate surface area is 248 Å². The lowest BCUT2D eigenvalue weighted by Crippen LogP contribution is -2.52. The molecule has 0 aromatic heterocycles. The van der Waals surface area contributed by atoms with Crippen molar-refractivity contribution in [2.45, 2.75) is 38.1 Å². The van der Waals surface area contributed by atoms with Crippen LogP contribution in [0.25, 0.3) is 0 Å². The van der Waals surface area contributed by atoms with Crippen LogP contribution >= 0.6 is 0 Å². The first-order chi connectivity index (χ1) is 20.6. The molecule has 1 unspecified atom stereocenters. The number of unbranched alkanes of at least 4 members (excludes halogenated alkanes) is 2. The van der Waals surface area contributed by atoms with Gasteiger partial charge in [-0.15, -0.1) is 0 Å². The summed E-state index contributed by atoms with van der Waals surface area (Å²) in [4.78, 5) is 96.7. The summed E-state index contributed by atoms with van der Waals surface area (Å²) in [5.41, 5.74) is 0.744. The summed E-state index contributed by atoms with van der Waals surface area (Å²) in [6.45, 7) is -1.20. The molecule has 1 aromatic carbocycles. The van der Waals surface area contributed by atoms with Crippen molar-refractivity contribution in [3.8, 4) is 0 Å². The minimum Gasteiger partial charge on any atom is -0.358 e. The molecule has 1 atom stereocenters. The number of amides is 8. The highest BCUT2D eigenvalue weighted by Crippen LogP contribution is 2.08. The van der Waals surface area contributed by atoms with Crippen LogP contribution in [0.3, 0.4) is 0 Å². The Bertz CT molecular complexity index is 1200. The van der Waals surface area contributed by atoms with Gasteiger partial charge in [0, 0.05) is 38.6 Å². The van der Waals surface area contributed by atoms with Gasteiger partial charge in [0.2, 0.25) is 35.4 Å².